The van der Waals surface area contributed by atoms with E-state index < -0.39 is 10.0 Å². The molecule has 1 aromatic rings. The summed E-state index contributed by atoms with van der Waals surface area (Å²) in [5.41, 5.74) is 1.19. The van der Waals surface area contributed by atoms with Crippen LogP contribution in [0.25, 0.3) is 0 Å². The number of nitrogens with one attached hydrogen (secondary N) is 1. The Kier molecular flexibility index (Phi) is 6.15. The Bertz CT molecular complexity index is 573. The first-order valence-corrected chi connectivity index (χ1v) is 8.52. The third-order valence-corrected chi connectivity index (χ3v) is 5.36. The first kappa shape index (κ1) is 17.6. The van der Waals surface area contributed by atoms with Crippen molar-refractivity contribution >= 4 is 26.0 Å². The van der Waals surface area contributed by atoms with Gasteiger partial charge < -0.3 is 10.0 Å². The van der Waals surface area contributed by atoms with Crippen molar-refractivity contribution in [3.05, 3.63) is 27.7 Å². The van der Waals surface area contributed by atoms with Gasteiger partial charge in [-0.25, -0.2) is 13.1 Å². The zero-order valence-corrected chi connectivity index (χ0v) is 14.5. The van der Waals surface area contributed by atoms with Gasteiger partial charge in [0.05, 0.1) is 11.5 Å². The van der Waals surface area contributed by atoms with Crippen LogP contribution in [0, 0.1) is 6.92 Å². The lowest BCUT2D eigenvalue weighted by molar-refractivity contribution is 0.281. The lowest BCUT2D eigenvalue weighted by Gasteiger charge is -2.19. The highest BCUT2D eigenvalue weighted by atomic mass is 79.9. The van der Waals surface area contributed by atoms with Crippen molar-refractivity contribution in [2.75, 3.05) is 20.6 Å². The molecule has 0 radical (unpaired) electrons. The first-order valence-electron chi connectivity index (χ1n) is 6.24. The summed E-state index contributed by atoms with van der Waals surface area (Å²) in [4.78, 5) is 2.11. The maximum Gasteiger partial charge on any atom is 0.241 e. The number of nitrogens with zero attached hydrogens (tertiary/aromatic N) is 1. The number of aliphatic hydroxyl groups is 1. The molecule has 0 aliphatic carbocycles. The number of likely N-dealkylation sites (N-methyl/N-ethyl adjacent to an activating group) is 1. The lowest BCUT2D eigenvalue weighted by atomic mass is 10.2. The second-order valence-electron chi connectivity index (χ2n) is 5.14. The van der Waals surface area contributed by atoms with Crippen molar-refractivity contribution < 1.29 is 13.5 Å². The Labute approximate surface area is 129 Å². The maximum absolute atomic E-state index is 12.4. The van der Waals surface area contributed by atoms with Gasteiger partial charge in [-0.15, -0.1) is 0 Å². The molecule has 2 N–H and O–H groups in total. The van der Waals surface area contributed by atoms with Crippen LogP contribution in [0.4, 0.5) is 0 Å². The summed E-state index contributed by atoms with van der Waals surface area (Å²) >= 11 is 3.33. The number of aliphatic hydroxyl groups excluding tert-OH is 1. The Morgan fingerprint density at radius 3 is 2.50 bits per heavy atom. The van der Waals surface area contributed by atoms with Crippen LogP contribution in [0.15, 0.2) is 21.5 Å². The van der Waals surface area contributed by atoms with E-state index in [1.807, 2.05) is 25.9 Å². The Balaban J connectivity index is 3.12. The third-order valence-electron chi connectivity index (χ3n) is 2.82. The van der Waals surface area contributed by atoms with Gasteiger partial charge in [-0.05, 0) is 51.2 Å². The van der Waals surface area contributed by atoms with E-state index in [0.717, 1.165) is 0 Å². The number of halogens is 1. The summed E-state index contributed by atoms with van der Waals surface area (Å²) in [5, 5.41) is 9.20. The van der Waals surface area contributed by atoms with Crippen LogP contribution in [-0.4, -0.2) is 45.1 Å². The molecule has 114 valence electrons. The fourth-order valence-electron chi connectivity index (χ4n) is 1.99. The maximum atomic E-state index is 12.4. The second kappa shape index (κ2) is 7.00. The topological polar surface area (TPSA) is 69.6 Å². The molecule has 20 heavy (non-hydrogen) atoms. The fraction of sp³-hybridized carbons (Fsp3) is 0.538. The normalized spacial score (nSPS) is 13.8. The number of benzene rings is 1. The van der Waals surface area contributed by atoms with Crippen LogP contribution in [0.3, 0.4) is 0 Å². The fourth-order valence-corrected chi connectivity index (χ4v) is 4.18. The van der Waals surface area contributed by atoms with E-state index in [0.29, 0.717) is 22.1 Å². The molecule has 0 aliphatic heterocycles. The zero-order valence-electron chi connectivity index (χ0n) is 12.1. The molecular weight excluding hydrogens is 344 g/mol. The predicted molar refractivity (Wildman–Crippen MR) is 83.1 cm³/mol. The smallest absolute Gasteiger partial charge is 0.241 e. The van der Waals surface area contributed by atoms with E-state index in [1.165, 1.54) is 6.07 Å². The van der Waals surface area contributed by atoms with E-state index in [1.54, 1.807) is 13.0 Å². The predicted octanol–water partition coefficient (Wildman–Crippen LogP) is 1.48. The molecule has 0 spiro atoms. The molecule has 0 aliphatic rings. The molecule has 0 aromatic heterocycles. The van der Waals surface area contributed by atoms with E-state index in [-0.39, 0.29) is 17.5 Å². The van der Waals surface area contributed by atoms with Crippen molar-refractivity contribution in [1.82, 2.24) is 9.62 Å². The highest BCUT2D eigenvalue weighted by Gasteiger charge is 2.21. The van der Waals surface area contributed by atoms with Crippen LogP contribution < -0.4 is 4.72 Å². The van der Waals surface area contributed by atoms with Gasteiger partial charge >= 0.3 is 0 Å². The Hall–Kier alpha value is -0.470. The van der Waals surface area contributed by atoms with Crippen molar-refractivity contribution in [2.24, 2.45) is 0 Å². The molecule has 1 unspecified atom stereocenters. The van der Waals surface area contributed by atoms with Gasteiger partial charge in [-0.2, -0.15) is 0 Å². The highest BCUT2D eigenvalue weighted by Crippen LogP contribution is 2.26. The van der Waals surface area contributed by atoms with Gasteiger partial charge in [-0.1, -0.05) is 15.9 Å². The summed E-state index contributed by atoms with van der Waals surface area (Å²) in [7, 11) is 0.167. The summed E-state index contributed by atoms with van der Waals surface area (Å²) in [5.74, 6) is 0. The van der Waals surface area contributed by atoms with Crippen LogP contribution >= 0.6 is 15.9 Å². The molecule has 0 bridgehead atoms. The van der Waals surface area contributed by atoms with Crippen molar-refractivity contribution in [3.63, 3.8) is 0 Å². The van der Waals surface area contributed by atoms with Crippen LogP contribution in [0.2, 0.25) is 0 Å². The average molecular weight is 365 g/mol. The Morgan fingerprint density at radius 2 is 2.00 bits per heavy atom. The third kappa shape index (κ3) is 4.53. The van der Waals surface area contributed by atoms with E-state index in [4.69, 9.17) is 0 Å². The quantitative estimate of drug-likeness (QED) is 0.801. The molecule has 0 fully saturated rings. The summed E-state index contributed by atoms with van der Waals surface area (Å²) < 4.78 is 28.2. The molecular formula is C13H21BrN2O3S. The molecule has 1 atom stereocenters. The van der Waals surface area contributed by atoms with Gasteiger partial charge in [0.15, 0.2) is 0 Å². The van der Waals surface area contributed by atoms with Gasteiger partial charge in [-0.3, -0.25) is 0 Å². The molecule has 0 amide bonds. The Morgan fingerprint density at radius 1 is 1.40 bits per heavy atom. The van der Waals surface area contributed by atoms with Gasteiger partial charge in [0.1, 0.15) is 0 Å². The zero-order chi connectivity index (χ0) is 15.5. The number of sulfonamides is 1. The summed E-state index contributed by atoms with van der Waals surface area (Å²) in [6.45, 7) is 3.96. The standard InChI is InChI=1S/C13H21BrN2O3S/c1-9(7-16(3)4)15-20(18,19)13-6-11(8-17)5-12(14)10(13)2/h5-6,9,15,17H,7-8H2,1-4H3. The SMILES string of the molecule is Cc1c(Br)cc(CO)cc1S(=O)(=O)NC(C)CN(C)C. The van der Waals surface area contributed by atoms with Crippen molar-refractivity contribution in [1.29, 1.82) is 0 Å². The average Bonchev–Trinajstić information content (AvgIpc) is 2.30. The lowest BCUT2D eigenvalue weighted by Crippen LogP contribution is -2.39. The van der Waals surface area contributed by atoms with Crippen molar-refractivity contribution in [2.45, 2.75) is 31.4 Å². The van der Waals surface area contributed by atoms with Crippen LogP contribution in [0.5, 0.6) is 0 Å². The van der Waals surface area contributed by atoms with Crippen LogP contribution in [0.1, 0.15) is 18.1 Å². The number of rotatable bonds is 6. The van der Waals surface area contributed by atoms with Crippen molar-refractivity contribution in [3.8, 4) is 0 Å². The minimum atomic E-state index is -3.61. The minimum Gasteiger partial charge on any atom is -0.392 e. The molecule has 0 saturated heterocycles. The van der Waals surface area contributed by atoms with Crippen LogP contribution in [-0.2, 0) is 16.6 Å². The van der Waals surface area contributed by atoms with E-state index >= 15 is 0 Å². The molecule has 1 rings (SSSR count). The second-order valence-corrected chi connectivity index (χ2v) is 7.68. The molecule has 1 aromatic carbocycles. The molecule has 0 heterocycles. The number of hydrogen-bond donors (Lipinski definition) is 2. The number of hydrogen-bond acceptors (Lipinski definition) is 4. The summed E-state index contributed by atoms with van der Waals surface area (Å²) in [6.07, 6.45) is 0. The minimum absolute atomic E-state index is 0.196. The first-order chi connectivity index (χ1) is 9.17. The molecule has 0 saturated carbocycles. The highest BCUT2D eigenvalue weighted by molar-refractivity contribution is 9.10. The monoisotopic (exact) mass is 364 g/mol. The summed E-state index contributed by atoms with van der Waals surface area (Å²) in [6, 6.07) is 3.02. The molecule has 5 nitrogen and oxygen atoms in total. The molecule has 7 heteroatoms. The van der Waals surface area contributed by atoms with Gasteiger partial charge in [0.25, 0.3) is 0 Å². The van der Waals surface area contributed by atoms with Gasteiger partial charge in [0, 0.05) is 17.1 Å². The van der Waals surface area contributed by atoms with Gasteiger partial charge in [0.2, 0.25) is 10.0 Å². The van der Waals surface area contributed by atoms with E-state index in [2.05, 4.69) is 20.7 Å². The van der Waals surface area contributed by atoms with E-state index in [9.17, 15) is 13.5 Å². The largest absolute Gasteiger partial charge is 0.392 e.